The summed E-state index contributed by atoms with van der Waals surface area (Å²) in [6, 6.07) is 0. The minimum absolute atomic E-state index is 0.333. The minimum Gasteiger partial charge on any atom is -0.370 e. The first-order chi connectivity index (χ1) is 4.63. The van der Waals surface area contributed by atoms with Crippen molar-refractivity contribution in [3.8, 4) is 0 Å². The van der Waals surface area contributed by atoms with Crippen molar-refractivity contribution >= 4 is 18.7 Å². The zero-order valence-electron chi connectivity index (χ0n) is 5.30. The molecule has 0 aliphatic carbocycles. The van der Waals surface area contributed by atoms with Gasteiger partial charge in [-0.2, -0.15) is 4.09 Å². The van der Waals surface area contributed by atoms with Gasteiger partial charge in [-0.15, -0.1) is 5.10 Å². The topological polar surface area (TPSA) is 86.7 Å². The second-order valence-electron chi connectivity index (χ2n) is 1.34. The van der Waals surface area contributed by atoms with E-state index in [1.165, 1.54) is 17.3 Å². The molecule has 1 aromatic rings. The number of carbonyl (C=O) groups excluding carboxylic acids is 1. The van der Waals surface area contributed by atoms with Crippen molar-refractivity contribution in [2.45, 2.75) is 6.92 Å². The second kappa shape index (κ2) is 4.74. The van der Waals surface area contributed by atoms with Gasteiger partial charge >= 0.3 is 0 Å². The van der Waals surface area contributed by atoms with Crippen LogP contribution < -0.4 is 5.73 Å². The number of hydrogen-bond acceptors (Lipinski definition) is 5. The van der Waals surface area contributed by atoms with Crippen LogP contribution in [0.5, 0.6) is 0 Å². The fourth-order valence-electron chi connectivity index (χ4n) is 0.156. The van der Waals surface area contributed by atoms with Crippen LogP contribution in [0, 0.1) is 0 Å². The quantitative estimate of drug-likeness (QED) is 0.471. The molecule has 0 saturated carbocycles. The van der Waals surface area contributed by atoms with E-state index in [0.29, 0.717) is 0 Å². The fraction of sp³-hybridized carbons (Fsp3) is 0.333. The smallest absolute Gasteiger partial charge is 0.214 e. The zero-order chi connectivity index (χ0) is 7.98. The SMILES string of the molecule is CC(N)=O.Sn1cnnn1. The summed E-state index contributed by atoms with van der Waals surface area (Å²) >= 11 is 3.72. The first kappa shape index (κ1) is 8.89. The van der Waals surface area contributed by atoms with Gasteiger partial charge in [-0.1, -0.05) is 0 Å². The predicted octanol–water partition coefficient (Wildman–Crippen LogP) is -1.14. The van der Waals surface area contributed by atoms with Gasteiger partial charge in [0, 0.05) is 6.92 Å². The monoisotopic (exact) mass is 161 g/mol. The third-order valence-electron chi connectivity index (χ3n) is 0.338. The van der Waals surface area contributed by atoms with E-state index in [9.17, 15) is 4.79 Å². The van der Waals surface area contributed by atoms with Gasteiger partial charge in [-0.05, 0) is 23.2 Å². The van der Waals surface area contributed by atoms with Crippen LogP contribution in [0.15, 0.2) is 6.33 Å². The fourth-order valence-corrected chi connectivity index (χ4v) is 0.238. The van der Waals surface area contributed by atoms with E-state index in [1.807, 2.05) is 0 Å². The van der Waals surface area contributed by atoms with E-state index in [1.54, 1.807) is 0 Å². The van der Waals surface area contributed by atoms with E-state index in [4.69, 9.17) is 0 Å². The molecule has 0 aromatic carbocycles. The van der Waals surface area contributed by atoms with Gasteiger partial charge in [0.1, 0.15) is 0 Å². The molecule has 1 aromatic heterocycles. The van der Waals surface area contributed by atoms with Gasteiger partial charge in [0.25, 0.3) is 0 Å². The summed E-state index contributed by atoms with van der Waals surface area (Å²) < 4.78 is 1.22. The number of nitrogens with two attached hydrogens (primary N) is 1. The van der Waals surface area contributed by atoms with Gasteiger partial charge < -0.3 is 5.73 Å². The van der Waals surface area contributed by atoms with Crippen molar-refractivity contribution in [1.82, 2.24) is 19.6 Å². The average Bonchev–Trinajstić information content (AvgIpc) is 2.15. The van der Waals surface area contributed by atoms with Crippen LogP contribution in [0.1, 0.15) is 6.92 Å². The van der Waals surface area contributed by atoms with Gasteiger partial charge in [0.05, 0.1) is 0 Å². The van der Waals surface area contributed by atoms with Crippen molar-refractivity contribution in [2.75, 3.05) is 0 Å². The van der Waals surface area contributed by atoms with Crippen LogP contribution in [-0.4, -0.2) is 25.5 Å². The Bertz CT molecular complexity index is 181. The second-order valence-corrected chi connectivity index (χ2v) is 1.75. The number of carbonyl (C=O) groups is 1. The summed E-state index contributed by atoms with van der Waals surface area (Å²) in [5, 5.41) is 9.89. The first-order valence-electron chi connectivity index (χ1n) is 2.31. The molecule has 1 rings (SSSR count). The molecule has 0 bridgehead atoms. The number of aromatic nitrogens is 4. The average molecular weight is 161 g/mol. The molecule has 7 heteroatoms. The number of nitrogens with zero attached hydrogens (tertiary/aromatic N) is 4. The van der Waals surface area contributed by atoms with Gasteiger partial charge in [0.15, 0.2) is 6.33 Å². The maximum atomic E-state index is 9.22. The van der Waals surface area contributed by atoms with Crippen molar-refractivity contribution in [3.63, 3.8) is 0 Å². The van der Waals surface area contributed by atoms with Crippen LogP contribution in [0.3, 0.4) is 0 Å². The molecule has 2 N–H and O–H groups in total. The lowest BCUT2D eigenvalue weighted by Crippen LogP contribution is -2.01. The first-order valence-corrected chi connectivity index (χ1v) is 2.71. The lowest BCUT2D eigenvalue weighted by molar-refractivity contribution is -0.115. The van der Waals surface area contributed by atoms with Crippen LogP contribution >= 0.6 is 12.8 Å². The van der Waals surface area contributed by atoms with Gasteiger partial charge in [-0.25, -0.2) is 0 Å². The van der Waals surface area contributed by atoms with Crippen LogP contribution in [-0.2, 0) is 4.79 Å². The summed E-state index contributed by atoms with van der Waals surface area (Å²) in [6.45, 7) is 1.31. The molecule has 0 atom stereocenters. The van der Waals surface area contributed by atoms with Crippen molar-refractivity contribution in [3.05, 3.63) is 6.33 Å². The Morgan fingerprint density at radius 1 is 1.80 bits per heavy atom. The number of thiol groups is 1. The largest absolute Gasteiger partial charge is 0.370 e. The molecule has 1 amide bonds. The normalized spacial score (nSPS) is 7.80. The highest BCUT2D eigenvalue weighted by atomic mass is 32.1. The predicted molar refractivity (Wildman–Crippen MR) is 37.1 cm³/mol. The number of tetrazole rings is 1. The molecule has 0 unspecified atom stereocenters. The van der Waals surface area contributed by atoms with Gasteiger partial charge in [0.2, 0.25) is 5.91 Å². The Kier molecular flexibility index (Phi) is 4.21. The van der Waals surface area contributed by atoms with E-state index >= 15 is 0 Å². The zero-order valence-corrected chi connectivity index (χ0v) is 6.19. The van der Waals surface area contributed by atoms with Gasteiger partial charge in [-0.3, -0.25) is 4.79 Å². The highest BCUT2D eigenvalue weighted by Gasteiger charge is 1.73. The highest BCUT2D eigenvalue weighted by molar-refractivity contribution is 7.78. The maximum absolute atomic E-state index is 9.22. The molecule has 6 nitrogen and oxygen atoms in total. The lowest BCUT2D eigenvalue weighted by atomic mass is 10.8. The Labute approximate surface area is 62.9 Å². The molecule has 0 spiro atoms. The molecule has 0 fully saturated rings. The molecule has 0 aliphatic rings. The summed E-state index contributed by atoms with van der Waals surface area (Å²) in [7, 11) is 0. The molecule has 0 aliphatic heterocycles. The van der Waals surface area contributed by atoms with Crippen molar-refractivity contribution < 1.29 is 4.79 Å². The summed E-state index contributed by atoms with van der Waals surface area (Å²) in [5.74, 6) is -0.333. The Morgan fingerprint density at radius 3 is 2.40 bits per heavy atom. The summed E-state index contributed by atoms with van der Waals surface area (Å²) in [6.07, 6.45) is 1.39. The Morgan fingerprint density at radius 2 is 2.30 bits per heavy atom. The summed E-state index contributed by atoms with van der Waals surface area (Å²) in [5.41, 5.74) is 4.47. The van der Waals surface area contributed by atoms with E-state index in [2.05, 4.69) is 34.1 Å². The highest BCUT2D eigenvalue weighted by Crippen LogP contribution is 1.72. The lowest BCUT2D eigenvalue weighted by Gasteiger charge is -1.69. The van der Waals surface area contributed by atoms with Crippen LogP contribution in [0.2, 0.25) is 0 Å². The molecule has 10 heavy (non-hydrogen) atoms. The van der Waals surface area contributed by atoms with E-state index < -0.39 is 0 Å². The third-order valence-corrected chi connectivity index (χ3v) is 0.521. The van der Waals surface area contributed by atoms with E-state index in [0.717, 1.165) is 0 Å². The van der Waals surface area contributed by atoms with Crippen molar-refractivity contribution in [2.24, 2.45) is 5.73 Å². The number of hydrogen-bond donors (Lipinski definition) is 2. The minimum atomic E-state index is -0.333. The molecular formula is C3H7N5OS. The number of amides is 1. The van der Waals surface area contributed by atoms with Crippen LogP contribution in [0.25, 0.3) is 0 Å². The van der Waals surface area contributed by atoms with Crippen LogP contribution in [0.4, 0.5) is 0 Å². The molecule has 0 radical (unpaired) electrons. The molecule has 56 valence electrons. The number of rotatable bonds is 0. The molecule has 1 heterocycles. The number of primary amides is 1. The van der Waals surface area contributed by atoms with Crippen molar-refractivity contribution in [1.29, 1.82) is 0 Å². The third kappa shape index (κ3) is 6.89. The molecule has 0 saturated heterocycles. The Balaban J connectivity index is 0.000000180. The maximum Gasteiger partial charge on any atom is 0.214 e. The summed E-state index contributed by atoms with van der Waals surface area (Å²) in [4.78, 5) is 9.22. The van der Waals surface area contributed by atoms with E-state index in [-0.39, 0.29) is 5.91 Å². The standard InChI is InChI=1S/C2H5NO.CH2N4S/c1-2(3)4;6-5-1-2-3-4-5/h1H3,(H2,3,4);1,6H. The Hall–Kier alpha value is -1.11. The molecular weight excluding hydrogens is 154 g/mol.